The Morgan fingerprint density at radius 2 is 2.12 bits per heavy atom. The van der Waals surface area contributed by atoms with Crippen molar-refractivity contribution in [3.8, 4) is 11.5 Å². The number of β-amino-alcohol motifs (C(OH)–C–C–N with tert-alkyl or cyclic N) is 1. The van der Waals surface area contributed by atoms with Crippen molar-refractivity contribution in [2.75, 3.05) is 46.6 Å². The minimum atomic E-state index is -0.641. The number of carbonyl (C=O) groups excluding carboxylic acids is 1. The molecule has 0 aliphatic carbocycles. The number of ether oxygens (including phenoxy) is 4. The standard InChI is InChI=1S/C18H25NO6/c1-12-17(21)14-3-4-16(22-2)18(15(14)11-24-12)25-10-13(20)9-19-5-7-23-8-6-19/h3-4,12-13,20H,5-11H2,1-2H3. The van der Waals surface area contributed by atoms with Crippen LogP contribution in [0.2, 0.25) is 0 Å². The Bertz CT molecular complexity index is 614. The van der Waals surface area contributed by atoms with Crippen molar-refractivity contribution in [2.45, 2.75) is 25.7 Å². The van der Waals surface area contributed by atoms with Gasteiger partial charge in [0, 0.05) is 30.8 Å². The molecule has 1 aromatic carbocycles. The number of fused-ring (bicyclic) bond motifs is 1. The molecule has 25 heavy (non-hydrogen) atoms. The molecular weight excluding hydrogens is 326 g/mol. The van der Waals surface area contributed by atoms with Gasteiger partial charge >= 0.3 is 0 Å². The van der Waals surface area contributed by atoms with Gasteiger partial charge in [0.2, 0.25) is 0 Å². The Morgan fingerprint density at radius 3 is 2.84 bits per heavy atom. The van der Waals surface area contributed by atoms with Crippen LogP contribution in [0.25, 0.3) is 0 Å². The highest BCUT2D eigenvalue weighted by Gasteiger charge is 2.29. The molecule has 1 aromatic rings. The van der Waals surface area contributed by atoms with Gasteiger partial charge in [-0.25, -0.2) is 0 Å². The highest BCUT2D eigenvalue weighted by Crippen LogP contribution is 2.37. The van der Waals surface area contributed by atoms with E-state index in [2.05, 4.69) is 4.90 Å². The summed E-state index contributed by atoms with van der Waals surface area (Å²) in [5.41, 5.74) is 1.28. The van der Waals surface area contributed by atoms with Crippen molar-refractivity contribution in [1.82, 2.24) is 4.90 Å². The van der Waals surface area contributed by atoms with Crippen molar-refractivity contribution in [2.24, 2.45) is 0 Å². The van der Waals surface area contributed by atoms with Gasteiger partial charge in [0.25, 0.3) is 0 Å². The third-order valence-corrected chi connectivity index (χ3v) is 4.55. The van der Waals surface area contributed by atoms with Crippen molar-refractivity contribution in [3.05, 3.63) is 23.3 Å². The lowest BCUT2D eigenvalue weighted by Gasteiger charge is -2.29. The number of Topliss-reactive ketones (excluding diaryl/α,β-unsaturated/α-hetero) is 1. The van der Waals surface area contributed by atoms with Crippen molar-refractivity contribution >= 4 is 5.78 Å². The summed E-state index contributed by atoms with van der Waals surface area (Å²) in [5, 5.41) is 10.3. The highest BCUT2D eigenvalue weighted by atomic mass is 16.5. The SMILES string of the molecule is COc1ccc2c(c1OCC(O)CN1CCOCC1)COC(C)C2=O. The van der Waals surface area contributed by atoms with Crippen molar-refractivity contribution < 1.29 is 28.8 Å². The molecule has 2 heterocycles. The van der Waals surface area contributed by atoms with E-state index in [9.17, 15) is 9.90 Å². The lowest BCUT2D eigenvalue weighted by molar-refractivity contribution is 0.00363. The molecule has 2 atom stereocenters. The summed E-state index contributed by atoms with van der Waals surface area (Å²) in [4.78, 5) is 14.4. The number of methoxy groups -OCH3 is 1. The molecule has 2 aliphatic rings. The molecule has 0 aromatic heterocycles. The zero-order chi connectivity index (χ0) is 17.8. The second-order valence-electron chi connectivity index (χ2n) is 6.32. The molecule has 0 saturated carbocycles. The molecule has 2 unspecified atom stereocenters. The summed E-state index contributed by atoms with van der Waals surface area (Å²) < 4.78 is 22.0. The number of aliphatic hydroxyl groups is 1. The Balaban J connectivity index is 1.69. The third-order valence-electron chi connectivity index (χ3n) is 4.55. The number of hydrogen-bond donors (Lipinski definition) is 1. The fourth-order valence-electron chi connectivity index (χ4n) is 3.12. The number of rotatable bonds is 6. The van der Waals surface area contributed by atoms with E-state index in [1.54, 1.807) is 26.2 Å². The number of aliphatic hydroxyl groups excluding tert-OH is 1. The number of carbonyl (C=O) groups is 1. The molecule has 0 amide bonds. The summed E-state index contributed by atoms with van der Waals surface area (Å²) in [5.74, 6) is 0.937. The summed E-state index contributed by atoms with van der Waals surface area (Å²) in [6, 6.07) is 3.46. The number of nitrogens with zero attached hydrogens (tertiary/aromatic N) is 1. The molecule has 0 spiro atoms. The number of ketones is 1. The molecule has 3 rings (SSSR count). The van der Waals surface area contributed by atoms with Crippen molar-refractivity contribution in [3.63, 3.8) is 0 Å². The van der Waals surface area contributed by atoms with Gasteiger partial charge in [-0.15, -0.1) is 0 Å². The largest absolute Gasteiger partial charge is 0.493 e. The van der Waals surface area contributed by atoms with E-state index < -0.39 is 12.2 Å². The molecule has 1 fully saturated rings. The van der Waals surface area contributed by atoms with Gasteiger partial charge in [-0.05, 0) is 19.1 Å². The number of benzene rings is 1. The molecule has 0 bridgehead atoms. The smallest absolute Gasteiger partial charge is 0.191 e. The van der Waals surface area contributed by atoms with Crippen LogP contribution in [0.15, 0.2) is 12.1 Å². The number of hydrogen-bond acceptors (Lipinski definition) is 7. The second kappa shape index (κ2) is 8.14. The second-order valence-corrected chi connectivity index (χ2v) is 6.32. The summed E-state index contributed by atoms with van der Waals surface area (Å²) >= 11 is 0. The fraction of sp³-hybridized carbons (Fsp3) is 0.611. The molecule has 7 nitrogen and oxygen atoms in total. The number of morpholine rings is 1. The van der Waals surface area contributed by atoms with Crippen LogP contribution in [0.3, 0.4) is 0 Å². The first kappa shape index (κ1) is 18.1. The predicted molar refractivity (Wildman–Crippen MR) is 90.3 cm³/mol. The van der Waals surface area contributed by atoms with E-state index >= 15 is 0 Å². The van der Waals surface area contributed by atoms with Crippen molar-refractivity contribution in [1.29, 1.82) is 0 Å². The van der Waals surface area contributed by atoms with Crippen LogP contribution < -0.4 is 9.47 Å². The van der Waals surface area contributed by atoms with E-state index in [1.807, 2.05) is 0 Å². The van der Waals surface area contributed by atoms with E-state index in [0.29, 0.717) is 42.4 Å². The van der Waals surface area contributed by atoms with Crippen LogP contribution in [-0.2, 0) is 16.1 Å². The average molecular weight is 351 g/mol. The van der Waals surface area contributed by atoms with Gasteiger partial charge in [0.1, 0.15) is 18.8 Å². The van der Waals surface area contributed by atoms with Crippen LogP contribution in [-0.4, -0.2) is 74.6 Å². The Labute approximate surface area is 147 Å². The Morgan fingerprint density at radius 1 is 1.36 bits per heavy atom. The van der Waals surface area contributed by atoms with Gasteiger partial charge in [-0.1, -0.05) is 0 Å². The topological polar surface area (TPSA) is 77.5 Å². The van der Waals surface area contributed by atoms with E-state index in [-0.39, 0.29) is 19.0 Å². The molecule has 1 N–H and O–H groups in total. The summed E-state index contributed by atoms with van der Waals surface area (Å²) in [6.07, 6.45) is -1.10. The quantitative estimate of drug-likeness (QED) is 0.815. The molecule has 7 heteroatoms. The Hall–Kier alpha value is -1.67. The maximum atomic E-state index is 12.3. The molecule has 1 saturated heterocycles. The first-order chi connectivity index (χ1) is 12.1. The van der Waals surface area contributed by atoms with E-state index in [4.69, 9.17) is 18.9 Å². The zero-order valence-corrected chi connectivity index (χ0v) is 14.7. The average Bonchev–Trinajstić information content (AvgIpc) is 2.63. The molecule has 138 valence electrons. The predicted octanol–water partition coefficient (Wildman–Crippen LogP) is 0.868. The zero-order valence-electron chi connectivity index (χ0n) is 14.7. The van der Waals surface area contributed by atoms with Crippen LogP contribution in [0.4, 0.5) is 0 Å². The van der Waals surface area contributed by atoms with Gasteiger partial charge in [0.15, 0.2) is 17.3 Å². The first-order valence-electron chi connectivity index (χ1n) is 8.56. The van der Waals surface area contributed by atoms with Gasteiger partial charge < -0.3 is 24.1 Å². The van der Waals surface area contributed by atoms with Gasteiger partial charge in [-0.2, -0.15) is 0 Å². The molecular formula is C18H25NO6. The maximum Gasteiger partial charge on any atom is 0.191 e. The third kappa shape index (κ3) is 4.12. The van der Waals surface area contributed by atoms with Gasteiger partial charge in [-0.3, -0.25) is 9.69 Å². The van der Waals surface area contributed by atoms with Crippen LogP contribution in [0.5, 0.6) is 11.5 Å². The lowest BCUT2D eigenvalue weighted by Crippen LogP contribution is -2.42. The minimum absolute atomic E-state index is 0.0670. The van der Waals surface area contributed by atoms with Crippen LogP contribution in [0, 0.1) is 0 Å². The maximum absolute atomic E-state index is 12.3. The molecule has 2 aliphatic heterocycles. The van der Waals surface area contributed by atoms with E-state index in [1.165, 1.54) is 0 Å². The first-order valence-corrected chi connectivity index (χ1v) is 8.56. The highest BCUT2D eigenvalue weighted by molar-refractivity contribution is 6.02. The normalized spacial score (nSPS) is 22.4. The summed E-state index contributed by atoms with van der Waals surface area (Å²) in [6.45, 7) is 5.65. The minimum Gasteiger partial charge on any atom is -0.493 e. The summed E-state index contributed by atoms with van der Waals surface area (Å²) in [7, 11) is 1.55. The monoisotopic (exact) mass is 351 g/mol. The Kier molecular flexibility index (Phi) is 5.90. The van der Waals surface area contributed by atoms with Crippen LogP contribution >= 0.6 is 0 Å². The molecule has 0 radical (unpaired) electrons. The van der Waals surface area contributed by atoms with Crippen LogP contribution in [0.1, 0.15) is 22.8 Å². The fourth-order valence-corrected chi connectivity index (χ4v) is 3.12. The van der Waals surface area contributed by atoms with E-state index in [0.717, 1.165) is 13.1 Å². The van der Waals surface area contributed by atoms with Gasteiger partial charge in [0.05, 0.1) is 26.9 Å². The lowest BCUT2D eigenvalue weighted by atomic mass is 9.97.